The smallest absolute Gasteiger partial charge is 0.246 e. The van der Waals surface area contributed by atoms with Crippen molar-refractivity contribution in [3.05, 3.63) is 24.3 Å². The summed E-state index contributed by atoms with van der Waals surface area (Å²) in [5.41, 5.74) is 1.86. The largest absolute Gasteiger partial charge is 0.371 e. The number of benzene rings is 1. The third-order valence-corrected chi connectivity index (χ3v) is 6.22. The molecule has 31 heavy (non-hydrogen) atoms. The second-order valence-electron chi connectivity index (χ2n) is 8.98. The second-order valence-corrected chi connectivity index (χ2v) is 8.98. The number of unbranched alkanes of at least 4 members (excludes halogenated alkanes) is 1. The monoisotopic (exact) mass is 428 g/mol. The van der Waals surface area contributed by atoms with Crippen LogP contribution in [0.2, 0.25) is 0 Å². The molecule has 0 bridgehead atoms. The van der Waals surface area contributed by atoms with E-state index in [-0.39, 0.29) is 30.2 Å². The van der Waals surface area contributed by atoms with Gasteiger partial charge in [-0.25, -0.2) is 0 Å². The van der Waals surface area contributed by atoms with Crippen molar-refractivity contribution in [2.24, 2.45) is 5.92 Å². The molecule has 2 unspecified atom stereocenters. The molecule has 0 aromatic heterocycles. The van der Waals surface area contributed by atoms with E-state index in [1.807, 2.05) is 32.0 Å². The molecule has 2 heterocycles. The molecule has 3 rings (SSSR count). The maximum Gasteiger partial charge on any atom is 0.246 e. The Morgan fingerprint density at radius 1 is 1.19 bits per heavy atom. The summed E-state index contributed by atoms with van der Waals surface area (Å²) in [6, 6.07) is 7.37. The number of amides is 3. The van der Waals surface area contributed by atoms with Gasteiger partial charge in [-0.2, -0.15) is 0 Å². The number of carbonyl (C=O) groups excluding carboxylic acids is 3. The fourth-order valence-corrected chi connectivity index (χ4v) is 4.36. The van der Waals surface area contributed by atoms with Crippen LogP contribution in [0.1, 0.15) is 59.3 Å². The van der Waals surface area contributed by atoms with Gasteiger partial charge >= 0.3 is 0 Å². The van der Waals surface area contributed by atoms with Gasteiger partial charge in [-0.15, -0.1) is 0 Å². The van der Waals surface area contributed by atoms with E-state index in [2.05, 4.69) is 28.5 Å². The van der Waals surface area contributed by atoms with Crippen LogP contribution < -0.4 is 15.5 Å². The fourth-order valence-electron chi connectivity index (χ4n) is 4.36. The lowest BCUT2D eigenvalue weighted by molar-refractivity contribution is -0.130. The molecule has 0 saturated carbocycles. The Balaban J connectivity index is 1.63. The maximum atomic E-state index is 13.0. The van der Waals surface area contributed by atoms with E-state index in [1.54, 1.807) is 4.90 Å². The highest BCUT2D eigenvalue weighted by Gasteiger charge is 2.36. The van der Waals surface area contributed by atoms with Crippen LogP contribution in [0.5, 0.6) is 0 Å². The van der Waals surface area contributed by atoms with Crippen LogP contribution in [0, 0.1) is 5.92 Å². The van der Waals surface area contributed by atoms with Crippen LogP contribution in [-0.4, -0.2) is 54.3 Å². The SMILES string of the molecule is CCCCC(NC(=O)C1CC(=O)N(C(C)C)C1)C(=O)Nc1cccc(N2CCCC2)c1. The van der Waals surface area contributed by atoms with Crippen molar-refractivity contribution >= 4 is 29.1 Å². The maximum absolute atomic E-state index is 13.0. The van der Waals surface area contributed by atoms with Gasteiger partial charge < -0.3 is 20.4 Å². The molecule has 0 spiro atoms. The van der Waals surface area contributed by atoms with E-state index in [1.165, 1.54) is 12.8 Å². The van der Waals surface area contributed by atoms with Gasteiger partial charge in [0.25, 0.3) is 0 Å². The first-order valence-corrected chi connectivity index (χ1v) is 11.6. The second kappa shape index (κ2) is 10.6. The van der Waals surface area contributed by atoms with Crippen molar-refractivity contribution in [2.45, 2.75) is 71.4 Å². The predicted molar refractivity (Wildman–Crippen MR) is 123 cm³/mol. The number of hydrogen-bond donors (Lipinski definition) is 2. The average molecular weight is 429 g/mol. The van der Waals surface area contributed by atoms with Crippen molar-refractivity contribution in [3.63, 3.8) is 0 Å². The first-order chi connectivity index (χ1) is 14.9. The zero-order valence-corrected chi connectivity index (χ0v) is 19.0. The van der Waals surface area contributed by atoms with Gasteiger partial charge in [0, 0.05) is 43.5 Å². The molecule has 3 amide bonds. The molecule has 2 aliphatic heterocycles. The molecule has 0 radical (unpaired) electrons. The number of nitrogens with one attached hydrogen (secondary N) is 2. The molecule has 2 atom stereocenters. The molecule has 7 heteroatoms. The molecule has 0 aliphatic carbocycles. The summed E-state index contributed by atoms with van der Waals surface area (Å²) in [5, 5.41) is 5.91. The molecule has 2 aliphatic rings. The normalized spacial score (nSPS) is 19.7. The van der Waals surface area contributed by atoms with Crippen LogP contribution in [0.25, 0.3) is 0 Å². The van der Waals surface area contributed by atoms with Gasteiger partial charge in [0.2, 0.25) is 17.7 Å². The Morgan fingerprint density at radius 2 is 1.94 bits per heavy atom. The van der Waals surface area contributed by atoms with Crippen molar-refractivity contribution in [3.8, 4) is 0 Å². The molecule has 2 fully saturated rings. The Kier molecular flexibility index (Phi) is 7.93. The number of likely N-dealkylation sites (tertiary alicyclic amines) is 1. The van der Waals surface area contributed by atoms with E-state index in [9.17, 15) is 14.4 Å². The van der Waals surface area contributed by atoms with Crippen LogP contribution in [0.15, 0.2) is 24.3 Å². The zero-order valence-electron chi connectivity index (χ0n) is 19.0. The highest BCUT2D eigenvalue weighted by molar-refractivity contribution is 5.98. The summed E-state index contributed by atoms with van der Waals surface area (Å²) in [7, 11) is 0. The van der Waals surface area contributed by atoms with Crippen LogP contribution >= 0.6 is 0 Å². The van der Waals surface area contributed by atoms with E-state index in [0.29, 0.717) is 13.0 Å². The minimum Gasteiger partial charge on any atom is -0.371 e. The van der Waals surface area contributed by atoms with Gasteiger partial charge in [-0.3, -0.25) is 14.4 Å². The number of nitrogens with zero attached hydrogens (tertiary/aromatic N) is 2. The molecule has 2 N–H and O–H groups in total. The Bertz CT molecular complexity index is 789. The third kappa shape index (κ3) is 5.99. The number of anilines is 2. The zero-order chi connectivity index (χ0) is 22.4. The Morgan fingerprint density at radius 3 is 2.58 bits per heavy atom. The first-order valence-electron chi connectivity index (χ1n) is 11.6. The lowest BCUT2D eigenvalue weighted by Crippen LogP contribution is -2.46. The minimum atomic E-state index is -0.605. The van der Waals surface area contributed by atoms with E-state index >= 15 is 0 Å². The fraction of sp³-hybridized carbons (Fsp3) is 0.625. The topological polar surface area (TPSA) is 81.8 Å². The quantitative estimate of drug-likeness (QED) is 0.633. The molecule has 7 nitrogen and oxygen atoms in total. The van der Waals surface area contributed by atoms with Gasteiger partial charge in [0.1, 0.15) is 6.04 Å². The highest BCUT2D eigenvalue weighted by Crippen LogP contribution is 2.24. The van der Waals surface area contributed by atoms with Crippen molar-refractivity contribution in [1.82, 2.24) is 10.2 Å². The number of rotatable bonds is 9. The van der Waals surface area contributed by atoms with Crippen molar-refractivity contribution in [2.75, 3.05) is 29.9 Å². The summed E-state index contributed by atoms with van der Waals surface area (Å²) in [6.45, 7) is 8.47. The molecular formula is C24H36N4O3. The number of hydrogen-bond acceptors (Lipinski definition) is 4. The van der Waals surface area contributed by atoms with E-state index < -0.39 is 12.0 Å². The Hall–Kier alpha value is -2.57. The van der Waals surface area contributed by atoms with Crippen molar-refractivity contribution < 1.29 is 14.4 Å². The van der Waals surface area contributed by atoms with Crippen LogP contribution in [0.3, 0.4) is 0 Å². The molecule has 170 valence electrons. The highest BCUT2D eigenvalue weighted by atomic mass is 16.2. The number of carbonyl (C=O) groups is 3. The van der Waals surface area contributed by atoms with E-state index in [4.69, 9.17) is 0 Å². The molecule has 1 aromatic rings. The molecular weight excluding hydrogens is 392 g/mol. The summed E-state index contributed by atoms with van der Waals surface area (Å²) in [6.07, 6.45) is 4.96. The predicted octanol–water partition coefficient (Wildman–Crippen LogP) is 3.16. The van der Waals surface area contributed by atoms with Gasteiger partial charge in [-0.1, -0.05) is 25.8 Å². The lowest BCUT2D eigenvalue weighted by atomic mass is 10.0. The Labute approximate surface area is 185 Å². The van der Waals surface area contributed by atoms with Crippen molar-refractivity contribution in [1.29, 1.82) is 0 Å². The van der Waals surface area contributed by atoms with Gasteiger partial charge in [0.15, 0.2) is 0 Å². The van der Waals surface area contributed by atoms with Crippen LogP contribution in [-0.2, 0) is 14.4 Å². The van der Waals surface area contributed by atoms with Crippen LogP contribution in [0.4, 0.5) is 11.4 Å². The third-order valence-electron chi connectivity index (χ3n) is 6.22. The van der Waals surface area contributed by atoms with E-state index in [0.717, 1.165) is 37.3 Å². The summed E-state index contributed by atoms with van der Waals surface area (Å²) in [4.78, 5) is 42.1. The molecule has 2 saturated heterocycles. The standard InChI is InChI=1S/C24H36N4O3/c1-4-5-11-21(26-23(30)18-14-22(29)28(16-18)17(2)3)24(31)25-19-9-8-10-20(15-19)27-12-6-7-13-27/h8-10,15,17-18,21H,4-7,11-14,16H2,1-3H3,(H,25,31)(H,26,30). The lowest BCUT2D eigenvalue weighted by Gasteiger charge is -2.23. The first kappa shape index (κ1) is 23.1. The molecule has 1 aromatic carbocycles. The minimum absolute atomic E-state index is 0.00318. The summed E-state index contributed by atoms with van der Waals surface area (Å²) < 4.78 is 0. The van der Waals surface area contributed by atoms with Gasteiger partial charge in [0.05, 0.1) is 5.92 Å². The summed E-state index contributed by atoms with van der Waals surface area (Å²) in [5.74, 6) is -0.808. The summed E-state index contributed by atoms with van der Waals surface area (Å²) >= 11 is 0. The van der Waals surface area contributed by atoms with Gasteiger partial charge in [-0.05, 0) is 51.3 Å². The average Bonchev–Trinajstić information content (AvgIpc) is 3.41.